The van der Waals surface area contributed by atoms with Gasteiger partial charge in [-0.3, -0.25) is 4.79 Å². The molecule has 1 aromatic heterocycles. The van der Waals surface area contributed by atoms with Crippen molar-refractivity contribution in [2.75, 3.05) is 0 Å². The second-order valence-electron chi connectivity index (χ2n) is 3.85. The molecule has 0 fully saturated rings. The first-order valence-electron chi connectivity index (χ1n) is 5.53. The molecule has 15 heavy (non-hydrogen) atoms. The average Bonchev–Trinajstić information content (AvgIpc) is 2.87. The lowest BCUT2D eigenvalue weighted by molar-refractivity contribution is -0.115. The molecule has 0 aliphatic heterocycles. The number of rotatable bonds is 4. The van der Waals surface area contributed by atoms with Crippen LogP contribution in [0.2, 0.25) is 0 Å². The van der Waals surface area contributed by atoms with Crippen molar-refractivity contribution in [2.45, 2.75) is 39.2 Å². The van der Waals surface area contributed by atoms with E-state index in [0.29, 0.717) is 6.42 Å². The summed E-state index contributed by atoms with van der Waals surface area (Å²) in [5.74, 6) is 1.13. The largest absolute Gasteiger partial charge is 0.335 e. The maximum Gasteiger partial charge on any atom is 0.166 e. The highest BCUT2D eigenvalue weighted by atomic mass is 16.1. The van der Waals surface area contributed by atoms with Crippen LogP contribution in [-0.4, -0.2) is 15.3 Å². The number of hydrogen-bond acceptors (Lipinski definition) is 2. The van der Waals surface area contributed by atoms with Crippen LogP contribution in [0.3, 0.4) is 0 Å². The number of ketones is 1. The molecule has 2 rings (SSSR count). The minimum Gasteiger partial charge on any atom is -0.335 e. The van der Waals surface area contributed by atoms with E-state index in [9.17, 15) is 4.79 Å². The van der Waals surface area contributed by atoms with Crippen molar-refractivity contribution in [1.82, 2.24) is 9.55 Å². The summed E-state index contributed by atoms with van der Waals surface area (Å²) in [5.41, 5.74) is 1.00. The van der Waals surface area contributed by atoms with Gasteiger partial charge in [-0.15, -0.1) is 0 Å². The molecular formula is C12H16N2O. The summed E-state index contributed by atoms with van der Waals surface area (Å²) in [6.07, 6.45) is 9.34. The molecule has 0 saturated carbocycles. The Morgan fingerprint density at radius 2 is 2.47 bits per heavy atom. The average molecular weight is 204 g/mol. The van der Waals surface area contributed by atoms with Gasteiger partial charge in [-0.25, -0.2) is 4.98 Å². The van der Waals surface area contributed by atoms with Crippen LogP contribution in [-0.2, 0) is 17.8 Å². The predicted molar refractivity (Wildman–Crippen MR) is 58.5 cm³/mol. The smallest absolute Gasteiger partial charge is 0.166 e. The molecule has 0 radical (unpaired) electrons. The summed E-state index contributed by atoms with van der Waals surface area (Å²) >= 11 is 0. The molecule has 80 valence electrons. The van der Waals surface area contributed by atoms with E-state index in [1.165, 1.54) is 0 Å². The van der Waals surface area contributed by atoms with Gasteiger partial charge in [0, 0.05) is 18.9 Å². The number of aromatic nitrogens is 2. The molecule has 0 unspecified atom stereocenters. The highest BCUT2D eigenvalue weighted by Gasteiger charge is 2.15. The SMILES string of the molecule is CCn1ccnc1CC(=O)C1=CCCC1. The monoisotopic (exact) mass is 204 g/mol. The first kappa shape index (κ1) is 10.1. The lowest BCUT2D eigenvalue weighted by Gasteiger charge is -2.04. The first-order valence-corrected chi connectivity index (χ1v) is 5.53. The van der Waals surface area contributed by atoms with Crippen molar-refractivity contribution >= 4 is 5.78 Å². The molecule has 3 heteroatoms. The van der Waals surface area contributed by atoms with Crippen LogP contribution in [0.25, 0.3) is 0 Å². The van der Waals surface area contributed by atoms with Crippen LogP contribution >= 0.6 is 0 Å². The highest BCUT2D eigenvalue weighted by molar-refractivity contribution is 5.96. The van der Waals surface area contributed by atoms with E-state index in [2.05, 4.69) is 18.0 Å². The van der Waals surface area contributed by atoms with Crippen LogP contribution in [0.15, 0.2) is 24.0 Å². The van der Waals surface area contributed by atoms with Crippen molar-refractivity contribution in [3.63, 3.8) is 0 Å². The maximum absolute atomic E-state index is 11.9. The minimum atomic E-state index is 0.244. The fourth-order valence-electron chi connectivity index (χ4n) is 1.98. The molecule has 0 amide bonds. The van der Waals surface area contributed by atoms with Gasteiger partial charge in [0.1, 0.15) is 5.82 Å². The number of nitrogens with zero attached hydrogens (tertiary/aromatic N) is 2. The maximum atomic E-state index is 11.9. The number of aryl methyl sites for hydroxylation is 1. The molecule has 3 nitrogen and oxygen atoms in total. The van der Waals surface area contributed by atoms with Crippen LogP contribution in [0.5, 0.6) is 0 Å². The molecule has 1 aliphatic rings. The standard InChI is InChI=1S/C12H16N2O/c1-2-14-8-7-13-12(14)9-11(15)10-5-3-4-6-10/h5,7-8H,2-4,6,9H2,1H3. The molecule has 0 bridgehead atoms. The summed E-state index contributed by atoms with van der Waals surface area (Å²) in [6, 6.07) is 0. The van der Waals surface area contributed by atoms with Gasteiger partial charge in [-0.05, 0) is 31.8 Å². The Morgan fingerprint density at radius 3 is 3.13 bits per heavy atom. The van der Waals surface area contributed by atoms with E-state index in [4.69, 9.17) is 0 Å². The van der Waals surface area contributed by atoms with E-state index >= 15 is 0 Å². The van der Waals surface area contributed by atoms with Gasteiger partial charge in [0.25, 0.3) is 0 Å². The molecular weight excluding hydrogens is 188 g/mol. The van der Waals surface area contributed by atoms with Gasteiger partial charge < -0.3 is 4.57 Å². The number of hydrogen-bond donors (Lipinski definition) is 0. The summed E-state index contributed by atoms with van der Waals surface area (Å²) < 4.78 is 2.02. The van der Waals surface area contributed by atoms with Crippen molar-refractivity contribution in [3.8, 4) is 0 Å². The summed E-state index contributed by atoms with van der Waals surface area (Å²) in [7, 11) is 0. The third-order valence-electron chi connectivity index (χ3n) is 2.86. The zero-order valence-electron chi connectivity index (χ0n) is 9.07. The molecule has 1 heterocycles. The zero-order chi connectivity index (χ0) is 10.7. The summed E-state index contributed by atoms with van der Waals surface area (Å²) in [5, 5.41) is 0. The molecule has 1 aliphatic carbocycles. The van der Waals surface area contributed by atoms with Gasteiger partial charge in [-0.1, -0.05) is 6.08 Å². The lowest BCUT2D eigenvalue weighted by Crippen LogP contribution is -2.10. The number of carbonyl (C=O) groups excluding carboxylic acids is 1. The normalized spacial score (nSPS) is 15.4. The predicted octanol–water partition coefficient (Wildman–Crippen LogP) is 2.12. The van der Waals surface area contributed by atoms with Crippen LogP contribution in [0.4, 0.5) is 0 Å². The lowest BCUT2D eigenvalue weighted by atomic mass is 10.1. The second-order valence-corrected chi connectivity index (χ2v) is 3.85. The van der Waals surface area contributed by atoms with Crippen LogP contribution in [0, 0.1) is 0 Å². The molecule has 0 N–H and O–H groups in total. The van der Waals surface area contributed by atoms with Crippen molar-refractivity contribution in [1.29, 1.82) is 0 Å². The van der Waals surface area contributed by atoms with Crippen molar-refractivity contribution < 1.29 is 4.79 Å². The molecule has 0 spiro atoms. The Hall–Kier alpha value is -1.38. The molecule has 1 aromatic rings. The summed E-state index contributed by atoms with van der Waals surface area (Å²) in [4.78, 5) is 16.1. The van der Waals surface area contributed by atoms with Gasteiger partial charge in [0.15, 0.2) is 5.78 Å². The topological polar surface area (TPSA) is 34.9 Å². The van der Waals surface area contributed by atoms with Gasteiger partial charge in [-0.2, -0.15) is 0 Å². The number of allylic oxidation sites excluding steroid dienone is 2. The number of imidazole rings is 1. The fourth-order valence-corrected chi connectivity index (χ4v) is 1.98. The molecule has 0 saturated heterocycles. The van der Waals surface area contributed by atoms with Gasteiger partial charge in [0.05, 0.1) is 6.42 Å². The highest BCUT2D eigenvalue weighted by Crippen LogP contribution is 2.19. The van der Waals surface area contributed by atoms with Crippen LogP contribution in [0.1, 0.15) is 32.0 Å². The second kappa shape index (κ2) is 4.43. The molecule has 0 aromatic carbocycles. The first-order chi connectivity index (χ1) is 7.31. The van der Waals surface area contributed by atoms with E-state index in [1.54, 1.807) is 6.20 Å². The van der Waals surface area contributed by atoms with Gasteiger partial charge >= 0.3 is 0 Å². The summed E-state index contributed by atoms with van der Waals surface area (Å²) in [6.45, 7) is 2.94. The third kappa shape index (κ3) is 2.17. The minimum absolute atomic E-state index is 0.244. The van der Waals surface area contributed by atoms with Crippen molar-refractivity contribution in [3.05, 3.63) is 29.9 Å². The fraction of sp³-hybridized carbons (Fsp3) is 0.500. The number of Topliss-reactive ketones (excluding diaryl/α,β-unsaturated/α-hetero) is 1. The zero-order valence-corrected chi connectivity index (χ0v) is 9.07. The Labute approximate surface area is 89.8 Å². The molecule has 0 atom stereocenters. The van der Waals surface area contributed by atoms with Crippen molar-refractivity contribution in [2.24, 2.45) is 0 Å². The van der Waals surface area contributed by atoms with Crippen LogP contribution < -0.4 is 0 Å². The quantitative estimate of drug-likeness (QED) is 0.753. The van der Waals surface area contributed by atoms with E-state index in [-0.39, 0.29) is 5.78 Å². The van der Waals surface area contributed by atoms with E-state index in [1.807, 2.05) is 10.8 Å². The van der Waals surface area contributed by atoms with E-state index < -0.39 is 0 Å². The van der Waals surface area contributed by atoms with Gasteiger partial charge in [0.2, 0.25) is 0 Å². The Morgan fingerprint density at radius 1 is 1.60 bits per heavy atom. The van der Waals surface area contributed by atoms with E-state index in [0.717, 1.165) is 37.2 Å². The Kier molecular flexibility index (Phi) is 2.99. The third-order valence-corrected chi connectivity index (χ3v) is 2.86. The Bertz CT molecular complexity index is 390. The Balaban J connectivity index is 2.05. The number of carbonyl (C=O) groups is 1.